The number of carbonyl (C=O) groups is 6. The Balaban J connectivity index is 0.000000246. The van der Waals surface area contributed by atoms with Crippen LogP contribution in [0.2, 0.25) is 0 Å². The lowest BCUT2D eigenvalue weighted by atomic mass is 9.91. The molecule has 8 rings (SSSR count). The number of benzene rings is 4. The summed E-state index contributed by atoms with van der Waals surface area (Å²) in [6.07, 6.45) is -20.8. The van der Waals surface area contributed by atoms with Crippen LogP contribution in [0.1, 0.15) is 119 Å². The molecule has 27 nitrogen and oxygen atoms in total. The van der Waals surface area contributed by atoms with Gasteiger partial charge in [-0.15, -0.1) is 0 Å². The van der Waals surface area contributed by atoms with Gasteiger partial charge in [0.05, 0.1) is 56.8 Å². The summed E-state index contributed by atoms with van der Waals surface area (Å²) in [5.41, 5.74) is -1.49. The zero-order chi connectivity index (χ0) is 63.4. The third-order valence-electron chi connectivity index (χ3n) is 14.9. The molecule has 0 saturated carbocycles. The number of carboxylic acids is 2. The lowest BCUT2D eigenvalue weighted by Crippen LogP contribution is -2.60. The summed E-state index contributed by atoms with van der Waals surface area (Å²) in [6, 6.07) is 16.0. The summed E-state index contributed by atoms with van der Waals surface area (Å²) >= 11 is 0. The van der Waals surface area contributed by atoms with Gasteiger partial charge in [0.2, 0.25) is 12.6 Å². The van der Waals surface area contributed by atoms with E-state index in [-0.39, 0.29) is 75.4 Å². The molecule has 4 aromatic carbocycles. The number of phenols is 2. The van der Waals surface area contributed by atoms with Crippen LogP contribution in [0.15, 0.2) is 54.6 Å². The maximum atomic E-state index is 13.1. The van der Waals surface area contributed by atoms with Gasteiger partial charge in [0.25, 0.3) is 0 Å². The molecule has 0 aromatic heterocycles. The van der Waals surface area contributed by atoms with Crippen molar-refractivity contribution in [3.8, 4) is 40.2 Å². The summed E-state index contributed by atoms with van der Waals surface area (Å²) in [7, 11) is 1.53. The van der Waals surface area contributed by atoms with E-state index in [4.69, 9.17) is 52.8 Å². The molecule has 0 bridgehead atoms. The van der Waals surface area contributed by atoms with Crippen molar-refractivity contribution in [2.75, 3.05) is 20.3 Å². The number of esters is 2. The fourth-order valence-corrected chi connectivity index (χ4v) is 10.3. The molecule has 86 heavy (non-hydrogen) atoms. The Hall–Kier alpha value is -7.70. The first-order valence-corrected chi connectivity index (χ1v) is 27.1. The summed E-state index contributed by atoms with van der Waals surface area (Å²) < 4.78 is 50.6. The van der Waals surface area contributed by atoms with Crippen LogP contribution < -0.4 is 23.7 Å². The van der Waals surface area contributed by atoms with E-state index < -0.39 is 153 Å². The highest BCUT2D eigenvalue weighted by molar-refractivity contribution is 6.04. The number of phenolic OH excluding ortho intramolecular Hbond substituents is 2. The summed E-state index contributed by atoms with van der Waals surface area (Å²) in [5.74, 6) is -5.36. The van der Waals surface area contributed by atoms with Gasteiger partial charge in [0.1, 0.15) is 126 Å². The Bertz CT molecular complexity index is 3160. The van der Waals surface area contributed by atoms with Crippen LogP contribution in [-0.4, -0.2) is 190 Å². The van der Waals surface area contributed by atoms with Gasteiger partial charge in [-0.1, -0.05) is 42.5 Å². The number of ether oxygens (including phenoxy) is 9. The van der Waals surface area contributed by atoms with Crippen molar-refractivity contribution in [2.24, 2.45) is 0 Å². The SMILES string of the molecule is COc1ccc([C@@H]2CC(=O)c3c(O)c(C)c(O[C@@H]4O[C@H](COC(=O)CC(C)(O)CC(=O)O)[C@@H](O)[C@H](O)[C@H]4O)c(C)c3O2)cc1.Cc1c(O)c2c(c(C)c1O[C@@H]1O[C@H](COC(=O)CC(C)(O)CC(=O)O)[C@@H](O)[C@H](O)[C@H]1O)O[C@H](c1ccccc1)CC2=O. The maximum Gasteiger partial charge on any atom is 0.308 e. The van der Waals surface area contributed by atoms with Gasteiger partial charge in [0.15, 0.2) is 11.6 Å². The highest BCUT2D eigenvalue weighted by Crippen LogP contribution is 2.50. The molecule has 2 unspecified atom stereocenters. The van der Waals surface area contributed by atoms with E-state index in [2.05, 4.69) is 0 Å². The quantitative estimate of drug-likeness (QED) is 0.0598. The number of aliphatic hydroxyl groups excluding tert-OH is 6. The minimum absolute atomic E-state index is 0.000800. The number of carboxylic acid groups (broad SMARTS) is 2. The van der Waals surface area contributed by atoms with E-state index >= 15 is 0 Å². The van der Waals surface area contributed by atoms with Gasteiger partial charge in [-0.25, -0.2) is 0 Å². The van der Waals surface area contributed by atoms with Gasteiger partial charge in [-0.3, -0.25) is 28.8 Å². The molecule has 4 heterocycles. The number of rotatable bonds is 19. The first kappa shape index (κ1) is 65.8. The third-order valence-corrected chi connectivity index (χ3v) is 14.9. The maximum absolute atomic E-state index is 13.1. The van der Waals surface area contributed by atoms with Crippen molar-refractivity contribution in [3.63, 3.8) is 0 Å². The number of carbonyl (C=O) groups excluding carboxylic acids is 4. The van der Waals surface area contributed by atoms with Crippen LogP contribution >= 0.6 is 0 Å². The van der Waals surface area contributed by atoms with Crippen LogP contribution in [0.4, 0.5) is 0 Å². The molecule has 0 spiro atoms. The van der Waals surface area contributed by atoms with Crippen molar-refractivity contribution in [2.45, 2.75) is 165 Å². The normalized spacial score (nSPS) is 26.5. The monoisotopic (exact) mass is 1210 g/mol. The molecule has 2 fully saturated rings. The van der Waals surface area contributed by atoms with E-state index in [0.29, 0.717) is 22.4 Å². The van der Waals surface area contributed by atoms with Gasteiger partial charge >= 0.3 is 23.9 Å². The van der Waals surface area contributed by atoms with Gasteiger partial charge in [-0.05, 0) is 64.8 Å². The summed E-state index contributed by atoms with van der Waals surface area (Å²) in [5, 5.41) is 123. The second kappa shape index (κ2) is 26.9. The Morgan fingerprint density at radius 3 is 1.27 bits per heavy atom. The molecule has 0 amide bonds. The molecule has 2 saturated heterocycles. The molecular weight excluding hydrogens is 1140 g/mol. The minimum atomic E-state index is -1.89. The number of methoxy groups -OCH3 is 1. The molecule has 12 N–H and O–H groups in total. The van der Waals surface area contributed by atoms with Crippen molar-refractivity contribution >= 4 is 35.4 Å². The number of aliphatic hydroxyl groups is 8. The first-order valence-electron chi connectivity index (χ1n) is 27.1. The number of aliphatic carboxylic acids is 2. The van der Waals surface area contributed by atoms with E-state index in [1.165, 1.54) is 21.0 Å². The fourth-order valence-electron chi connectivity index (χ4n) is 10.3. The second-order valence-corrected chi connectivity index (χ2v) is 22.0. The zero-order valence-electron chi connectivity index (χ0n) is 47.8. The number of Topliss-reactive ketones (excluding diaryl/α,β-unsaturated/α-hetero) is 2. The van der Waals surface area contributed by atoms with Crippen molar-refractivity contribution in [3.05, 3.63) is 99.1 Å². The van der Waals surface area contributed by atoms with Crippen molar-refractivity contribution in [1.82, 2.24) is 0 Å². The van der Waals surface area contributed by atoms with E-state index in [0.717, 1.165) is 19.4 Å². The topological polar surface area (TPSA) is 428 Å². The fraction of sp³-hybridized carbons (Fsp3) is 0.492. The predicted molar refractivity (Wildman–Crippen MR) is 291 cm³/mol. The molecule has 27 heteroatoms. The molecule has 4 aromatic rings. The second-order valence-electron chi connectivity index (χ2n) is 22.0. The first-order chi connectivity index (χ1) is 40.3. The average Bonchev–Trinajstić information content (AvgIpc) is 1.82. The molecule has 4 aliphatic heterocycles. The summed E-state index contributed by atoms with van der Waals surface area (Å²) in [6.45, 7) is 7.15. The number of aromatic hydroxyl groups is 2. The standard InChI is InChI=1S/C30H36O14.C29H34O13/c1-13-23(35)22-17(31)9-18(15-5-7-16(40-4)8-6-15)42-28(22)14(2)27(13)44-29-26(38)25(37)24(36)19(43-29)12-41-21(34)11-30(3,39)10-20(32)33;1-13-22(34)21-16(30)9-17(15-7-5-4-6-8-15)40-27(21)14(2)26(13)42-28-25(37)24(36)23(35)18(41-28)12-39-20(33)11-29(3,38)10-19(31)32/h5-8,18-19,24-26,29,35-39H,9-12H2,1-4H3,(H,32,33);4-8,17-18,23-25,28,34-38H,9-12H2,1-3H3,(H,31,32)/t18-,19+,24+,25-,26+,29-,30?;17-,18+,23+,24-,25+,28-,29?/m00/s1. The molecular formula is C59H70O27. The average molecular weight is 1210 g/mol. The highest BCUT2D eigenvalue weighted by atomic mass is 16.7. The van der Waals surface area contributed by atoms with Crippen LogP contribution in [0.3, 0.4) is 0 Å². The highest BCUT2D eigenvalue weighted by Gasteiger charge is 2.49. The molecule has 468 valence electrons. The minimum Gasteiger partial charge on any atom is -0.507 e. The lowest BCUT2D eigenvalue weighted by molar-refractivity contribution is -0.279. The van der Waals surface area contributed by atoms with Crippen molar-refractivity contribution < 1.29 is 133 Å². The summed E-state index contributed by atoms with van der Waals surface area (Å²) in [4.78, 5) is 72.4. The third kappa shape index (κ3) is 14.9. The van der Waals surface area contributed by atoms with E-state index in [1.807, 2.05) is 18.2 Å². The number of fused-ring (bicyclic) bond motifs is 2. The Morgan fingerprint density at radius 2 is 0.907 bits per heavy atom. The lowest BCUT2D eigenvalue weighted by Gasteiger charge is -2.40. The van der Waals surface area contributed by atoms with E-state index in [1.54, 1.807) is 50.2 Å². The van der Waals surface area contributed by atoms with E-state index in [9.17, 15) is 79.8 Å². The van der Waals surface area contributed by atoms with Gasteiger partial charge in [0, 0.05) is 22.3 Å². The van der Waals surface area contributed by atoms with Crippen LogP contribution in [0, 0.1) is 27.7 Å². The molecule has 0 aliphatic carbocycles. The molecule has 0 radical (unpaired) electrons. The Kier molecular flexibility index (Phi) is 20.6. The van der Waals surface area contributed by atoms with Crippen LogP contribution in [0.25, 0.3) is 0 Å². The Labute approximate surface area is 491 Å². The molecule has 14 atom stereocenters. The van der Waals surface area contributed by atoms with Crippen LogP contribution in [0.5, 0.6) is 40.2 Å². The smallest absolute Gasteiger partial charge is 0.308 e. The predicted octanol–water partition coefficient (Wildman–Crippen LogP) is 2.13. The van der Waals surface area contributed by atoms with Gasteiger partial charge < -0.3 is 104 Å². The Morgan fingerprint density at radius 1 is 0.535 bits per heavy atom. The number of hydrogen-bond acceptors (Lipinski definition) is 25. The van der Waals surface area contributed by atoms with Crippen LogP contribution in [-0.2, 0) is 38.1 Å². The number of hydrogen-bond donors (Lipinski definition) is 12. The van der Waals surface area contributed by atoms with Crippen molar-refractivity contribution in [1.29, 1.82) is 0 Å². The largest absolute Gasteiger partial charge is 0.507 e. The zero-order valence-corrected chi connectivity index (χ0v) is 47.8. The number of ketones is 2. The van der Waals surface area contributed by atoms with Gasteiger partial charge in [-0.2, -0.15) is 0 Å². The molecule has 4 aliphatic rings.